The van der Waals surface area contributed by atoms with Crippen LogP contribution in [-0.2, 0) is 0 Å². The third-order valence-electron chi connectivity index (χ3n) is 0.433. The highest BCUT2D eigenvalue weighted by Crippen LogP contribution is 1.77. The van der Waals surface area contributed by atoms with Gasteiger partial charge in [-0.15, -0.1) is 0 Å². The second-order valence-corrected chi connectivity index (χ2v) is 1.01. The zero-order valence-corrected chi connectivity index (χ0v) is 3.81. The van der Waals surface area contributed by atoms with Gasteiger partial charge in [0.15, 0.2) is 0 Å². The molecule has 0 bridgehead atoms. The average Bonchev–Trinajstić information content (AvgIpc) is 1.61. The van der Waals surface area contributed by atoms with E-state index in [4.69, 9.17) is 5.21 Å². The van der Waals surface area contributed by atoms with E-state index in [2.05, 4.69) is 11.4 Å². The third-order valence-corrected chi connectivity index (χ3v) is 0.433. The van der Waals surface area contributed by atoms with Gasteiger partial charge in [0, 0.05) is 0 Å². The lowest BCUT2D eigenvalue weighted by molar-refractivity contribution is 0.320. The number of nitrogens with zero attached hydrogens (tertiary/aromatic N) is 1. The SMILES string of the molecule is CCC[C]=NO. The lowest BCUT2D eigenvalue weighted by Crippen LogP contribution is -1.68. The average molecular weight is 86.1 g/mol. The van der Waals surface area contributed by atoms with Crippen molar-refractivity contribution >= 4 is 6.21 Å². The molecule has 0 aliphatic rings. The summed E-state index contributed by atoms with van der Waals surface area (Å²) in [6, 6.07) is 0. The highest BCUT2D eigenvalue weighted by Gasteiger charge is 1.69. The van der Waals surface area contributed by atoms with Gasteiger partial charge in [-0.25, -0.2) is 0 Å². The van der Waals surface area contributed by atoms with Gasteiger partial charge in [0.25, 0.3) is 0 Å². The number of hydrogen-bond donors (Lipinski definition) is 1. The maximum atomic E-state index is 7.71. The molecule has 0 heterocycles. The van der Waals surface area contributed by atoms with E-state index in [0.717, 1.165) is 12.8 Å². The molecule has 0 spiro atoms. The Morgan fingerprint density at radius 3 is 2.67 bits per heavy atom. The normalized spacial score (nSPS) is 10.2. The van der Waals surface area contributed by atoms with Crippen molar-refractivity contribution in [2.75, 3.05) is 0 Å². The highest BCUT2D eigenvalue weighted by atomic mass is 16.4. The predicted molar refractivity (Wildman–Crippen MR) is 24.1 cm³/mol. The lowest BCUT2D eigenvalue weighted by Gasteiger charge is -1.73. The number of unbranched alkanes of at least 4 members (excludes halogenated alkanes) is 1. The molecule has 0 aliphatic carbocycles. The minimum Gasteiger partial charge on any atom is -0.411 e. The monoisotopic (exact) mass is 86.1 g/mol. The van der Waals surface area contributed by atoms with Crippen LogP contribution in [0.1, 0.15) is 19.8 Å². The van der Waals surface area contributed by atoms with Gasteiger partial charge in [-0.1, -0.05) is 18.5 Å². The Hall–Kier alpha value is -0.530. The maximum Gasteiger partial charge on any atom is 0.104 e. The zero-order chi connectivity index (χ0) is 4.83. The summed E-state index contributed by atoms with van der Waals surface area (Å²) in [6.07, 6.45) is 4.12. The van der Waals surface area contributed by atoms with Gasteiger partial charge in [-0.05, 0) is 6.42 Å². The summed E-state index contributed by atoms with van der Waals surface area (Å²) in [7, 11) is 0. The van der Waals surface area contributed by atoms with Gasteiger partial charge in [-0.3, -0.25) is 0 Å². The summed E-state index contributed by atoms with van der Waals surface area (Å²) in [5.74, 6) is 0. The molecule has 2 heteroatoms. The van der Waals surface area contributed by atoms with E-state index in [-0.39, 0.29) is 0 Å². The quantitative estimate of drug-likeness (QED) is 0.305. The molecular weight excluding hydrogens is 78.0 g/mol. The van der Waals surface area contributed by atoms with Crippen LogP contribution in [-0.4, -0.2) is 11.4 Å². The van der Waals surface area contributed by atoms with E-state index in [1.165, 1.54) is 0 Å². The molecule has 2 nitrogen and oxygen atoms in total. The van der Waals surface area contributed by atoms with E-state index in [9.17, 15) is 0 Å². The van der Waals surface area contributed by atoms with Crippen LogP contribution in [0.5, 0.6) is 0 Å². The van der Waals surface area contributed by atoms with E-state index in [1.807, 2.05) is 6.92 Å². The molecule has 0 saturated carbocycles. The van der Waals surface area contributed by atoms with E-state index < -0.39 is 0 Å². The summed E-state index contributed by atoms with van der Waals surface area (Å²) in [6.45, 7) is 2.00. The van der Waals surface area contributed by atoms with Crippen LogP contribution in [0.3, 0.4) is 0 Å². The van der Waals surface area contributed by atoms with Crippen molar-refractivity contribution in [3.05, 3.63) is 0 Å². The fraction of sp³-hybridized carbons (Fsp3) is 0.750. The molecular formula is C4H8NO. The summed E-state index contributed by atoms with van der Waals surface area (Å²) in [5.41, 5.74) is 0. The first-order valence-electron chi connectivity index (χ1n) is 1.98. The van der Waals surface area contributed by atoms with Gasteiger partial charge >= 0.3 is 0 Å². The second kappa shape index (κ2) is 4.47. The Morgan fingerprint density at radius 2 is 2.50 bits per heavy atom. The van der Waals surface area contributed by atoms with Crippen LogP contribution in [0, 0.1) is 0 Å². The predicted octanol–water partition coefficient (Wildman–Crippen LogP) is 1.12. The smallest absolute Gasteiger partial charge is 0.104 e. The Balaban J connectivity index is 2.66. The number of rotatable bonds is 2. The lowest BCUT2D eigenvalue weighted by atomic mass is 10.4. The van der Waals surface area contributed by atoms with E-state index >= 15 is 0 Å². The largest absolute Gasteiger partial charge is 0.411 e. The van der Waals surface area contributed by atoms with Crippen molar-refractivity contribution in [3.63, 3.8) is 0 Å². The fourth-order valence-electron chi connectivity index (χ4n) is 0.162. The molecule has 0 aromatic rings. The molecule has 0 atom stereocenters. The van der Waals surface area contributed by atoms with Crippen LogP contribution in [0.25, 0.3) is 0 Å². The Morgan fingerprint density at radius 1 is 1.83 bits per heavy atom. The van der Waals surface area contributed by atoms with Crippen LogP contribution in [0.4, 0.5) is 0 Å². The Labute approximate surface area is 37.5 Å². The maximum absolute atomic E-state index is 7.71. The van der Waals surface area contributed by atoms with Crippen molar-refractivity contribution in [1.82, 2.24) is 0 Å². The van der Waals surface area contributed by atoms with Gasteiger partial charge in [0.2, 0.25) is 0 Å². The zero-order valence-electron chi connectivity index (χ0n) is 3.81. The summed E-state index contributed by atoms with van der Waals surface area (Å²) in [5, 5.41) is 10.4. The first-order chi connectivity index (χ1) is 2.91. The second-order valence-electron chi connectivity index (χ2n) is 1.01. The Kier molecular flexibility index (Phi) is 4.08. The molecule has 0 aromatic heterocycles. The summed E-state index contributed by atoms with van der Waals surface area (Å²) < 4.78 is 0. The van der Waals surface area contributed by atoms with Crippen molar-refractivity contribution in [2.45, 2.75) is 19.8 Å². The molecule has 0 amide bonds. The molecule has 6 heavy (non-hydrogen) atoms. The van der Waals surface area contributed by atoms with Crippen LogP contribution in [0.15, 0.2) is 5.16 Å². The van der Waals surface area contributed by atoms with Crippen LogP contribution in [0.2, 0.25) is 0 Å². The molecule has 1 radical (unpaired) electrons. The van der Waals surface area contributed by atoms with E-state index in [1.54, 1.807) is 0 Å². The summed E-state index contributed by atoms with van der Waals surface area (Å²) in [4.78, 5) is 0. The molecule has 0 saturated heterocycles. The molecule has 0 unspecified atom stereocenters. The Bertz CT molecular complexity index is 42.8. The van der Waals surface area contributed by atoms with Crippen molar-refractivity contribution in [3.8, 4) is 0 Å². The standard InChI is InChI=1S/C4H8NO/c1-2-3-4-5-6/h6H,2-3H2,1H3. The van der Waals surface area contributed by atoms with Crippen LogP contribution < -0.4 is 0 Å². The topological polar surface area (TPSA) is 32.6 Å². The van der Waals surface area contributed by atoms with Crippen molar-refractivity contribution in [1.29, 1.82) is 0 Å². The van der Waals surface area contributed by atoms with Crippen molar-refractivity contribution < 1.29 is 5.21 Å². The third kappa shape index (κ3) is 3.47. The molecule has 0 fully saturated rings. The van der Waals surface area contributed by atoms with Crippen molar-refractivity contribution in [2.24, 2.45) is 5.16 Å². The molecule has 1 N–H and O–H groups in total. The minimum absolute atomic E-state index is 0.747. The first kappa shape index (κ1) is 5.47. The van der Waals surface area contributed by atoms with Crippen LogP contribution >= 0.6 is 0 Å². The minimum atomic E-state index is 0.747. The van der Waals surface area contributed by atoms with Gasteiger partial charge in [-0.2, -0.15) is 0 Å². The number of hydrogen-bond acceptors (Lipinski definition) is 2. The fourth-order valence-corrected chi connectivity index (χ4v) is 0.162. The molecule has 0 aliphatic heterocycles. The molecule has 35 valence electrons. The van der Waals surface area contributed by atoms with E-state index in [0.29, 0.717) is 0 Å². The molecule has 0 aromatic carbocycles. The highest BCUT2D eigenvalue weighted by molar-refractivity contribution is 5.55. The first-order valence-corrected chi connectivity index (χ1v) is 1.98. The van der Waals surface area contributed by atoms with Gasteiger partial charge in [0.1, 0.15) is 6.21 Å². The summed E-state index contributed by atoms with van der Waals surface area (Å²) >= 11 is 0. The van der Waals surface area contributed by atoms with Gasteiger partial charge in [0.05, 0.1) is 0 Å². The molecule has 0 rings (SSSR count). The van der Waals surface area contributed by atoms with Gasteiger partial charge < -0.3 is 5.21 Å².